The van der Waals surface area contributed by atoms with Crippen LogP contribution in [-0.4, -0.2) is 30.1 Å². The number of H-pyrrole nitrogens is 1. The van der Waals surface area contributed by atoms with E-state index in [4.69, 9.17) is 17.3 Å². The molecule has 0 radical (unpaired) electrons. The Morgan fingerprint density at radius 2 is 2.19 bits per heavy atom. The summed E-state index contributed by atoms with van der Waals surface area (Å²) in [6.45, 7) is 2.04. The molecule has 7 nitrogen and oxygen atoms in total. The first-order valence-corrected chi connectivity index (χ1v) is 8.16. The van der Waals surface area contributed by atoms with Crippen LogP contribution in [0.3, 0.4) is 0 Å². The predicted molar refractivity (Wildman–Crippen MR) is 80.5 cm³/mol. The number of sulfonamides is 1. The fourth-order valence-corrected chi connectivity index (χ4v) is 3.46. The van der Waals surface area contributed by atoms with E-state index in [0.717, 1.165) is 5.56 Å². The van der Waals surface area contributed by atoms with Gasteiger partial charge in [0.15, 0.2) is 0 Å². The van der Waals surface area contributed by atoms with E-state index in [1.54, 1.807) is 13.0 Å². The number of rotatable bonds is 6. The van der Waals surface area contributed by atoms with Crippen LogP contribution in [0.5, 0.6) is 0 Å². The maximum Gasteiger partial charge on any atom is 0.242 e. The van der Waals surface area contributed by atoms with Crippen molar-refractivity contribution in [2.24, 2.45) is 0 Å². The summed E-state index contributed by atoms with van der Waals surface area (Å²) in [7, 11) is -3.68. The van der Waals surface area contributed by atoms with Gasteiger partial charge in [0, 0.05) is 18.7 Å². The first-order valence-electron chi connectivity index (χ1n) is 6.29. The third-order valence-corrected chi connectivity index (χ3v) is 4.88. The first kappa shape index (κ1) is 15.7. The maximum absolute atomic E-state index is 12.2. The summed E-state index contributed by atoms with van der Waals surface area (Å²) >= 11 is 5.98. The van der Waals surface area contributed by atoms with Crippen LogP contribution in [0, 0.1) is 6.92 Å². The smallest absolute Gasteiger partial charge is 0.242 e. The second-order valence-electron chi connectivity index (χ2n) is 4.57. The fourth-order valence-electron chi connectivity index (χ4n) is 1.77. The minimum Gasteiger partial charge on any atom is -0.398 e. The molecule has 2 rings (SSSR count). The van der Waals surface area contributed by atoms with Crippen LogP contribution in [0.15, 0.2) is 23.4 Å². The Morgan fingerprint density at radius 1 is 1.43 bits per heavy atom. The van der Waals surface area contributed by atoms with Crippen molar-refractivity contribution in [2.45, 2.75) is 24.7 Å². The molecule has 4 N–H and O–H groups in total. The summed E-state index contributed by atoms with van der Waals surface area (Å²) in [5, 5.41) is 6.59. The highest BCUT2D eigenvalue weighted by molar-refractivity contribution is 7.89. The first-order chi connectivity index (χ1) is 9.90. The lowest BCUT2D eigenvalue weighted by Crippen LogP contribution is -2.25. The molecule has 114 valence electrons. The van der Waals surface area contributed by atoms with Crippen molar-refractivity contribution < 1.29 is 8.42 Å². The maximum atomic E-state index is 12.2. The van der Waals surface area contributed by atoms with Gasteiger partial charge in [-0.1, -0.05) is 11.6 Å². The molecule has 0 fully saturated rings. The van der Waals surface area contributed by atoms with E-state index < -0.39 is 10.0 Å². The van der Waals surface area contributed by atoms with Crippen LogP contribution >= 0.6 is 11.6 Å². The molecule has 1 heterocycles. The van der Waals surface area contributed by atoms with Crippen LogP contribution in [0.1, 0.15) is 17.8 Å². The van der Waals surface area contributed by atoms with Gasteiger partial charge < -0.3 is 5.73 Å². The lowest BCUT2D eigenvalue weighted by Gasteiger charge is -2.10. The average molecular weight is 330 g/mol. The van der Waals surface area contributed by atoms with Crippen molar-refractivity contribution in [3.8, 4) is 0 Å². The number of hydrogen-bond donors (Lipinski definition) is 3. The summed E-state index contributed by atoms with van der Waals surface area (Å²) in [4.78, 5) is 3.95. The fraction of sp³-hybridized carbons (Fsp3) is 0.333. The topological polar surface area (TPSA) is 114 Å². The molecule has 0 atom stereocenters. The van der Waals surface area contributed by atoms with E-state index in [2.05, 4.69) is 19.9 Å². The van der Waals surface area contributed by atoms with Crippen molar-refractivity contribution in [1.82, 2.24) is 19.9 Å². The van der Waals surface area contributed by atoms with Crippen LogP contribution in [0.25, 0.3) is 0 Å². The summed E-state index contributed by atoms with van der Waals surface area (Å²) in [6.07, 6.45) is 2.61. The lowest BCUT2D eigenvalue weighted by molar-refractivity contribution is 0.578. The SMILES string of the molecule is Cc1cc(Cl)c(S(=O)(=O)NCCCc2ncn[nH]2)cc1N. The number of nitrogens with zero attached hydrogens (tertiary/aromatic N) is 2. The van der Waals surface area contributed by atoms with Crippen molar-refractivity contribution in [3.63, 3.8) is 0 Å². The van der Waals surface area contributed by atoms with E-state index in [9.17, 15) is 8.42 Å². The molecular formula is C12H16ClN5O2S. The highest BCUT2D eigenvalue weighted by Gasteiger charge is 2.18. The number of nitrogen functional groups attached to an aromatic ring is 1. The number of aromatic nitrogens is 3. The van der Waals surface area contributed by atoms with Gasteiger partial charge in [-0.15, -0.1) is 0 Å². The molecule has 0 saturated carbocycles. The Labute approximate surface area is 128 Å². The molecule has 1 aromatic carbocycles. The van der Waals surface area contributed by atoms with Gasteiger partial charge in [-0.3, -0.25) is 5.10 Å². The van der Waals surface area contributed by atoms with Gasteiger partial charge in [-0.25, -0.2) is 18.1 Å². The number of aromatic amines is 1. The lowest BCUT2D eigenvalue weighted by atomic mass is 10.2. The van der Waals surface area contributed by atoms with Crippen molar-refractivity contribution in [2.75, 3.05) is 12.3 Å². The molecule has 0 saturated heterocycles. The van der Waals surface area contributed by atoms with Crippen LogP contribution in [0.4, 0.5) is 5.69 Å². The minimum atomic E-state index is -3.68. The Balaban J connectivity index is 2.00. The number of halogens is 1. The summed E-state index contributed by atoms with van der Waals surface area (Å²) in [5.74, 6) is 0.715. The van der Waals surface area contributed by atoms with Gasteiger partial charge in [-0.2, -0.15) is 5.10 Å². The molecule has 0 spiro atoms. The van der Waals surface area contributed by atoms with Gasteiger partial charge in [0.05, 0.1) is 5.02 Å². The Kier molecular flexibility index (Phi) is 4.81. The van der Waals surface area contributed by atoms with Crippen LogP contribution in [0.2, 0.25) is 5.02 Å². The quantitative estimate of drug-likeness (QED) is 0.545. The zero-order valence-corrected chi connectivity index (χ0v) is 13.0. The third-order valence-electron chi connectivity index (χ3n) is 2.96. The second kappa shape index (κ2) is 6.42. The number of benzene rings is 1. The van der Waals surface area contributed by atoms with Crippen molar-refractivity contribution >= 4 is 27.3 Å². The molecular weight excluding hydrogens is 314 g/mol. The number of nitrogens with two attached hydrogens (primary N) is 1. The minimum absolute atomic E-state index is 0.00747. The van der Waals surface area contributed by atoms with Crippen LogP contribution < -0.4 is 10.5 Å². The molecule has 0 aliphatic rings. The standard InChI is InChI=1S/C12H16ClN5O2S/c1-8-5-9(13)11(6-10(8)14)21(19,20)17-4-2-3-12-15-7-16-18-12/h5-7,17H,2-4,14H2,1H3,(H,15,16,18). The normalized spacial score (nSPS) is 11.7. The van der Waals surface area contributed by atoms with Crippen LogP contribution in [-0.2, 0) is 16.4 Å². The summed E-state index contributed by atoms with van der Waals surface area (Å²) in [5.41, 5.74) is 6.87. The molecule has 0 unspecified atom stereocenters. The van der Waals surface area contributed by atoms with Gasteiger partial charge in [0.25, 0.3) is 0 Å². The predicted octanol–water partition coefficient (Wildman–Crippen LogP) is 1.26. The van der Waals surface area contributed by atoms with Gasteiger partial charge in [0.2, 0.25) is 10.0 Å². The molecule has 9 heteroatoms. The van der Waals surface area contributed by atoms with Gasteiger partial charge in [-0.05, 0) is 31.0 Å². The zero-order chi connectivity index (χ0) is 15.5. The molecule has 21 heavy (non-hydrogen) atoms. The Hall–Kier alpha value is -1.64. The summed E-state index contributed by atoms with van der Waals surface area (Å²) < 4.78 is 26.9. The third kappa shape index (κ3) is 3.93. The van der Waals surface area contributed by atoms with E-state index in [0.29, 0.717) is 24.4 Å². The molecule has 1 aromatic heterocycles. The number of nitrogens with one attached hydrogen (secondary N) is 2. The molecule has 0 aliphatic heterocycles. The molecule has 0 amide bonds. The molecule has 2 aromatic rings. The summed E-state index contributed by atoms with van der Waals surface area (Å²) in [6, 6.07) is 2.91. The van der Waals surface area contributed by atoms with E-state index >= 15 is 0 Å². The number of aryl methyl sites for hydroxylation is 2. The van der Waals surface area contributed by atoms with E-state index in [1.165, 1.54) is 12.4 Å². The van der Waals surface area contributed by atoms with Crippen molar-refractivity contribution in [1.29, 1.82) is 0 Å². The largest absolute Gasteiger partial charge is 0.398 e. The highest BCUT2D eigenvalue weighted by Crippen LogP contribution is 2.26. The Morgan fingerprint density at radius 3 is 2.86 bits per heavy atom. The molecule has 0 bridgehead atoms. The van der Waals surface area contributed by atoms with Gasteiger partial charge in [0.1, 0.15) is 17.0 Å². The zero-order valence-electron chi connectivity index (χ0n) is 11.4. The van der Waals surface area contributed by atoms with E-state index in [1.807, 2.05) is 0 Å². The molecule has 0 aliphatic carbocycles. The van der Waals surface area contributed by atoms with Crippen molar-refractivity contribution in [3.05, 3.63) is 34.9 Å². The Bertz CT molecular complexity index is 715. The monoisotopic (exact) mass is 329 g/mol. The van der Waals surface area contributed by atoms with E-state index in [-0.39, 0.29) is 16.5 Å². The number of hydrogen-bond acceptors (Lipinski definition) is 5. The number of anilines is 1. The highest BCUT2D eigenvalue weighted by atomic mass is 35.5. The van der Waals surface area contributed by atoms with Gasteiger partial charge >= 0.3 is 0 Å². The second-order valence-corrected chi connectivity index (χ2v) is 6.72. The average Bonchev–Trinajstić information content (AvgIpc) is 2.92.